The van der Waals surface area contributed by atoms with Crippen molar-refractivity contribution in [2.24, 2.45) is 0 Å². The van der Waals surface area contributed by atoms with E-state index in [0.717, 1.165) is 12.1 Å². The molecule has 3 rings (SSSR count). The number of aromatic nitrogens is 1. The van der Waals surface area contributed by atoms with Crippen molar-refractivity contribution in [3.63, 3.8) is 0 Å². The molecule has 0 aliphatic heterocycles. The van der Waals surface area contributed by atoms with Crippen molar-refractivity contribution in [2.75, 3.05) is 18.0 Å². The zero-order valence-electron chi connectivity index (χ0n) is 17.0. The van der Waals surface area contributed by atoms with Crippen molar-refractivity contribution in [1.29, 1.82) is 0 Å². The quantitative estimate of drug-likeness (QED) is 0.443. The molecule has 2 aromatic carbocycles. The Bertz CT molecular complexity index is 1100. The molecule has 1 aromatic heterocycles. The van der Waals surface area contributed by atoms with Crippen LogP contribution in [-0.4, -0.2) is 40.4 Å². The van der Waals surface area contributed by atoms with Gasteiger partial charge in [0.2, 0.25) is 0 Å². The number of anilines is 1. The average molecular weight is 483 g/mol. The van der Waals surface area contributed by atoms with Crippen molar-refractivity contribution >= 4 is 23.4 Å². The Morgan fingerprint density at radius 3 is 2.30 bits per heavy atom. The molecule has 0 saturated carbocycles. The number of carboxylic acid groups (broad SMARTS) is 1. The minimum atomic E-state index is -4.75. The maximum absolute atomic E-state index is 14.2. The van der Waals surface area contributed by atoms with Crippen molar-refractivity contribution in [3.05, 3.63) is 94.4 Å². The topological polar surface area (TPSA) is 73.7 Å². The number of carboxylic acids is 1. The first-order valence-electron chi connectivity index (χ1n) is 9.74. The molecule has 174 valence electrons. The highest BCUT2D eigenvalue weighted by atomic mass is 35.5. The van der Waals surface area contributed by atoms with Gasteiger partial charge in [-0.15, -0.1) is 0 Å². The minimum Gasteiger partial charge on any atom is -0.479 e. The van der Waals surface area contributed by atoms with Gasteiger partial charge in [0.1, 0.15) is 11.6 Å². The summed E-state index contributed by atoms with van der Waals surface area (Å²) in [6.45, 7) is -0.502. The summed E-state index contributed by atoms with van der Waals surface area (Å²) < 4.78 is 54.2. The van der Waals surface area contributed by atoms with Gasteiger partial charge in [-0.2, -0.15) is 13.2 Å². The predicted molar refractivity (Wildman–Crippen MR) is 115 cm³/mol. The molecule has 1 heterocycles. The van der Waals surface area contributed by atoms with Crippen LogP contribution in [0.5, 0.6) is 0 Å². The molecule has 2 N–H and O–H groups in total. The highest BCUT2D eigenvalue weighted by Crippen LogP contribution is 2.35. The van der Waals surface area contributed by atoms with Crippen LogP contribution in [0, 0.1) is 5.82 Å². The number of aliphatic carboxylic acids is 1. The van der Waals surface area contributed by atoms with Gasteiger partial charge in [-0.3, -0.25) is 0 Å². The van der Waals surface area contributed by atoms with Gasteiger partial charge in [0.05, 0.1) is 17.1 Å². The van der Waals surface area contributed by atoms with E-state index in [1.807, 2.05) is 0 Å². The minimum absolute atomic E-state index is 0.0392. The van der Waals surface area contributed by atoms with E-state index in [0.29, 0.717) is 16.7 Å². The molecule has 0 spiro atoms. The molecule has 0 saturated heterocycles. The van der Waals surface area contributed by atoms with Crippen LogP contribution >= 0.6 is 11.6 Å². The second kappa shape index (κ2) is 10.2. The number of aliphatic hydroxyl groups is 1. The van der Waals surface area contributed by atoms with Gasteiger partial charge < -0.3 is 15.1 Å². The molecule has 10 heteroatoms. The SMILES string of the molecule is O=C(O)C(O)CN(CC(c1ccccc1)c1cc(F)cc(C(F)(F)F)c1)c1ccc(Cl)cn1. The van der Waals surface area contributed by atoms with Crippen molar-refractivity contribution in [3.8, 4) is 0 Å². The lowest BCUT2D eigenvalue weighted by atomic mass is 9.89. The van der Waals surface area contributed by atoms with Crippen molar-refractivity contribution < 1.29 is 32.6 Å². The Kier molecular flexibility index (Phi) is 7.55. The fourth-order valence-corrected chi connectivity index (χ4v) is 3.50. The zero-order chi connectivity index (χ0) is 24.2. The molecule has 2 atom stereocenters. The lowest BCUT2D eigenvalue weighted by molar-refractivity contribution is -0.146. The number of benzene rings is 2. The number of hydrogen-bond acceptors (Lipinski definition) is 4. The summed E-state index contributed by atoms with van der Waals surface area (Å²) >= 11 is 5.87. The largest absolute Gasteiger partial charge is 0.479 e. The van der Waals surface area contributed by atoms with E-state index in [2.05, 4.69) is 4.98 Å². The normalized spacial score (nSPS) is 13.4. The lowest BCUT2D eigenvalue weighted by Gasteiger charge is -2.30. The molecule has 0 fully saturated rings. The Morgan fingerprint density at radius 1 is 1.03 bits per heavy atom. The number of alkyl halides is 3. The summed E-state index contributed by atoms with van der Waals surface area (Å²) in [5.41, 5.74) is -0.530. The molecule has 33 heavy (non-hydrogen) atoms. The summed E-state index contributed by atoms with van der Waals surface area (Å²) in [6.07, 6.45) is -5.23. The Labute approximate surface area is 191 Å². The van der Waals surface area contributed by atoms with E-state index >= 15 is 0 Å². The van der Waals surface area contributed by atoms with Crippen LogP contribution in [0.4, 0.5) is 23.4 Å². The maximum atomic E-state index is 14.2. The fourth-order valence-electron chi connectivity index (χ4n) is 3.39. The molecule has 0 radical (unpaired) electrons. The van der Waals surface area contributed by atoms with E-state index in [9.17, 15) is 27.5 Å². The summed E-state index contributed by atoms with van der Waals surface area (Å²) in [4.78, 5) is 16.8. The van der Waals surface area contributed by atoms with Gasteiger partial charge in [0, 0.05) is 18.7 Å². The van der Waals surface area contributed by atoms with Gasteiger partial charge in [0.15, 0.2) is 6.10 Å². The number of hydrogen-bond donors (Lipinski definition) is 2. The van der Waals surface area contributed by atoms with Crippen LogP contribution in [0.3, 0.4) is 0 Å². The number of aliphatic hydroxyl groups excluding tert-OH is 1. The van der Waals surface area contributed by atoms with E-state index < -0.39 is 42.1 Å². The Balaban J connectivity index is 2.08. The second-order valence-corrected chi connectivity index (χ2v) is 7.76. The van der Waals surface area contributed by atoms with Gasteiger partial charge in [-0.05, 0) is 41.5 Å². The number of nitrogens with zero attached hydrogens (tertiary/aromatic N) is 2. The van der Waals surface area contributed by atoms with E-state index in [1.54, 1.807) is 30.3 Å². The van der Waals surface area contributed by atoms with Gasteiger partial charge in [-0.25, -0.2) is 14.2 Å². The summed E-state index contributed by atoms with van der Waals surface area (Å²) in [7, 11) is 0. The fraction of sp³-hybridized carbons (Fsp3) is 0.217. The number of halogens is 5. The summed E-state index contributed by atoms with van der Waals surface area (Å²) in [6, 6.07) is 13.7. The van der Waals surface area contributed by atoms with Crippen LogP contribution < -0.4 is 4.90 Å². The third-order valence-corrected chi connectivity index (χ3v) is 5.19. The van der Waals surface area contributed by atoms with Crippen molar-refractivity contribution in [2.45, 2.75) is 18.2 Å². The standard InChI is InChI=1S/C23H19ClF4N2O3/c24-17-6-7-21(29-11-17)30(13-20(31)22(32)33)12-19(14-4-2-1-3-5-14)15-8-16(23(26,27)28)10-18(25)9-15/h1-11,19-20,31H,12-13H2,(H,32,33). The summed E-state index contributed by atoms with van der Waals surface area (Å²) in [5.74, 6) is -3.09. The lowest BCUT2D eigenvalue weighted by Crippen LogP contribution is -2.40. The maximum Gasteiger partial charge on any atom is 0.416 e. The zero-order valence-corrected chi connectivity index (χ0v) is 17.8. The van der Waals surface area contributed by atoms with Crippen LogP contribution in [0.2, 0.25) is 5.02 Å². The smallest absolute Gasteiger partial charge is 0.416 e. The number of carbonyl (C=O) groups is 1. The van der Waals surface area contributed by atoms with Gasteiger partial charge in [-0.1, -0.05) is 41.9 Å². The van der Waals surface area contributed by atoms with Gasteiger partial charge >= 0.3 is 12.1 Å². The average Bonchev–Trinajstić information content (AvgIpc) is 2.76. The Morgan fingerprint density at radius 2 is 1.73 bits per heavy atom. The molecular formula is C23H19ClF4N2O3. The van der Waals surface area contributed by atoms with E-state index in [1.165, 1.54) is 23.2 Å². The van der Waals surface area contributed by atoms with E-state index in [-0.39, 0.29) is 17.9 Å². The number of pyridine rings is 1. The molecule has 3 aromatic rings. The van der Waals surface area contributed by atoms with Crippen LogP contribution in [0.25, 0.3) is 0 Å². The molecule has 0 bridgehead atoms. The monoisotopic (exact) mass is 482 g/mol. The highest BCUT2D eigenvalue weighted by molar-refractivity contribution is 6.30. The van der Waals surface area contributed by atoms with Crippen LogP contribution in [-0.2, 0) is 11.0 Å². The van der Waals surface area contributed by atoms with Crippen LogP contribution in [0.1, 0.15) is 22.6 Å². The van der Waals surface area contributed by atoms with Crippen molar-refractivity contribution in [1.82, 2.24) is 4.98 Å². The molecule has 2 unspecified atom stereocenters. The molecule has 0 aliphatic rings. The second-order valence-electron chi connectivity index (χ2n) is 7.33. The van der Waals surface area contributed by atoms with Crippen LogP contribution in [0.15, 0.2) is 66.9 Å². The van der Waals surface area contributed by atoms with E-state index in [4.69, 9.17) is 16.7 Å². The molecule has 5 nitrogen and oxygen atoms in total. The third-order valence-electron chi connectivity index (χ3n) is 4.97. The predicted octanol–water partition coefficient (Wildman–Crippen LogP) is 4.98. The first-order chi connectivity index (χ1) is 15.5. The first-order valence-corrected chi connectivity index (χ1v) is 10.1. The first kappa shape index (κ1) is 24.5. The van der Waals surface area contributed by atoms with Gasteiger partial charge in [0.25, 0.3) is 0 Å². The Hall–Kier alpha value is -3.17. The molecular weight excluding hydrogens is 464 g/mol. The highest BCUT2D eigenvalue weighted by Gasteiger charge is 2.33. The third kappa shape index (κ3) is 6.43. The molecule has 0 aliphatic carbocycles. The molecule has 0 amide bonds. The summed E-state index contributed by atoms with van der Waals surface area (Å²) in [5, 5.41) is 19.4. The number of rotatable bonds is 8.